The molecule has 344 valence electrons. The number of rotatable bonds is 16. The van der Waals surface area contributed by atoms with Crippen LogP contribution in [0.5, 0.6) is 0 Å². The van der Waals surface area contributed by atoms with E-state index in [9.17, 15) is 0 Å². The molecule has 0 atom stereocenters. The molecule has 0 nitrogen and oxygen atoms in total. The maximum atomic E-state index is 3.30. The van der Waals surface area contributed by atoms with Gasteiger partial charge in [-0.25, -0.2) is 46.6 Å². The van der Waals surface area contributed by atoms with Gasteiger partial charge in [0.25, 0.3) is 0 Å². The molecule has 0 aromatic heterocycles. The van der Waals surface area contributed by atoms with Crippen molar-refractivity contribution >= 4 is 56.6 Å². The van der Waals surface area contributed by atoms with Crippen molar-refractivity contribution < 1.29 is 46.0 Å². The summed E-state index contributed by atoms with van der Waals surface area (Å²) in [5.41, 5.74) is 4.84. The first kappa shape index (κ1) is 61.6. The van der Waals surface area contributed by atoms with Gasteiger partial charge >= 0.3 is 199 Å². The van der Waals surface area contributed by atoms with Crippen molar-refractivity contribution in [3.05, 3.63) is 217 Å². The average molecular weight is 1280 g/mol. The molecule has 0 amide bonds. The minimum atomic E-state index is -0.406. The van der Waals surface area contributed by atoms with Crippen LogP contribution in [0.2, 0.25) is 0 Å². The molecule has 0 unspecified atom stereocenters. The molecule has 4 aromatic rings. The summed E-state index contributed by atoms with van der Waals surface area (Å²) in [6, 6.07) is 43.5. The van der Waals surface area contributed by atoms with E-state index in [-0.39, 0.29) is 24.8 Å². The number of hydrogen-bond donors (Lipinski definition) is 0. The van der Waals surface area contributed by atoms with Crippen LogP contribution in [0.4, 0.5) is 0 Å². The van der Waals surface area contributed by atoms with E-state index in [4.69, 9.17) is 0 Å². The molecule has 66 heavy (non-hydrogen) atoms. The fourth-order valence-corrected chi connectivity index (χ4v) is 16.7. The van der Waals surface area contributed by atoms with Crippen LogP contribution in [0.1, 0.15) is 130 Å². The molecular formula is C60H74Cl2Hf2Si2. The second-order valence-corrected chi connectivity index (χ2v) is 30.4. The first-order chi connectivity index (χ1) is 31.5. The second-order valence-electron chi connectivity index (χ2n) is 15.9. The van der Waals surface area contributed by atoms with Crippen LogP contribution < -0.4 is 20.7 Å². The van der Waals surface area contributed by atoms with E-state index in [1.165, 1.54) is 166 Å². The van der Waals surface area contributed by atoms with Crippen LogP contribution in [0, 0.1) is 24.3 Å². The zero-order valence-corrected chi connectivity index (χ0v) is 51.1. The summed E-state index contributed by atoms with van der Waals surface area (Å²) in [6.45, 7) is 8.89. The quantitative estimate of drug-likeness (QED) is 0.0775. The van der Waals surface area contributed by atoms with Crippen molar-refractivity contribution in [1.29, 1.82) is 0 Å². The van der Waals surface area contributed by atoms with E-state index in [1.807, 2.05) is 0 Å². The van der Waals surface area contributed by atoms with Gasteiger partial charge in [0.15, 0.2) is 0 Å². The predicted molar refractivity (Wildman–Crippen MR) is 290 cm³/mol. The Bertz CT molecular complexity index is 1830. The van der Waals surface area contributed by atoms with Gasteiger partial charge in [0, 0.05) is 0 Å². The summed E-state index contributed by atoms with van der Waals surface area (Å²) >= 11 is 2.53. The van der Waals surface area contributed by atoms with Gasteiger partial charge in [0.05, 0.1) is 0 Å². The average Bonchev–Trinajstić information content (AvgIpc) is 4.24. The molecular weight excluding hydrogens is 1200 g/mol. The summed E-state index contributed by atoms with van der Waals surface area (Å²) < 4.78 is 0. The molecule has 0 radical (unpaired) electrons. The number of benzene rings is 4. The molecule has 0 saturated heterocycles. The second kappa shape index (κ2) is 41.5. The zero-order valence-electron chi connectivity index (χ0n) is 40.3. The minimum absolute atomic E-state index is 0. The number of unbranched alkanes of at least 4 members (excludes halogenated alkanes) is 4. The summed E-state index contributed by atoms with van der Waals surface area (Å²) in [5.74, 6) is 0. The van der Waals surface area contributed by atoms with Crippen LogP contribution in [0.25, 0.3) is 0 Å². The third-order valence-electron chi connectivity index (χ3n) is 10.5. The first-order valence-corrected chi connectivity index (χ1v) is 37.7. The normalized spacial score (nSPS) is 13.1. The molecule has 6 heteroatoms. The van der Waals surface area contributed by atoms with Crippen molar-refractivity contribution in [2.24, 2.45) is 0 Å². The maximum absolute atomic E-state index is 3.30. The van der Waals surface area contributed by atoms with Gasteiger partial charge in [0.1, 0.15) is 0 Å². The van der Waals surface area contributed by atoms with Crippen LogP contribution in [0.3, 0.4) is 0 Å². The van der Waals surface area contributed by atoms with E-state index in [1.54, 1.807) is 0 Å². The molecule has 4 aliphatic rings. The Hall–Kier alpha value is -2.45. The number of hydrogen-bond acceptors (Lipinski definition) is 0. The van der Waals surface area contributed by atoms with E-state index >= 15 is 0 Å². The summed E-state index contributed by atoms with van der Waals surface area (Å²) in [7, 11) is 0. The monoisotopic (exact) mass is 1280 g/mol. The van der Waals surface area contributed by atoms with Crippen LogP contribution in [-0.4, -0.2) is 11.0 Å². The Morgan fingerprint density at radius 1 is 0.348 bits per heavy atom. The number of allylic oxidation sites excluding steroid dienone is 16. The SMILES string of the molecule is CCCCC1=[C-]CC=C1.CCCCC1=[C-]CC=C1.CCCCC1=[C-]CC=C1.CCCCC1=[C-]CC=C1.Cl.Cl.[Hf+2]=[Si](c1ccccc1)c1ccccc1.[Hf+2]=[Si](c1ccccc1)c1ccccc1. The molecule has 0 saturated carbocycles. The summed E-state index contributed by atoms with van der Waals surface area (Å²) in [6.07, 6.45) is 50.1. The van der Waals surface area contributed by atoms with Gasteiger partial charge in [-0.3, -0.25) is 24.3 Å². The van der Waals surface area contributed by atoms with Crippen molar-refractivity contribution in [3.8, 4) is 0 Å². The fraction of sp³-hybridized carbons (Fsp3) is 0.333. The Balaban J connectivity index is 0.000000399. The molecule has 0 fully saturated rings. The zero-order chi connectivity index (χ0) is 45.7. The summed E-state index contributed by atoms with van der Waals surface area (Å²) in [4.78, 5) is 0. The van der Waals surface area contributed by atoms with Crippen molar-refractivity contribution in [2.45, 2.75) is 130 Å². The molecule has 0 aliphatic heterocycles. The van der Waals surface area contributed by atoms with Crippen LogP contribution in [0.15, 0.2) is 192 Å². The third-order valence-corrected chi connectivity index (χ3v) is 26.6. The molecule has 0 spiro atoms. The van der Waals surface area contributed by atoms with E-state index in [0.29, 0.717) is 0 Å². The Morgan fingerprint density at radius 2 is 0.545 bits per heavy atom. The molecule has 0 bridgehead atoms. The van der Waals surface area contributed by atoms with Gasteiger partial charge < -0.3 is 0 Å². The van der Waals surface area contributed by atoms with Crippen molar-refractivity contribution in [2.75, 3.05) is 0 Å². The van der Waals surface area contributed by atoms with Gasteiger partial charge in [0.2, 0.25) is 0 Å². The fourth-order valence-electron chi connectivity index (χ4n) is 6.71. The number of halogens is 2. The van der Waals surface area contributed by atoms with Crippen molar-refractivity contribution in [1.82, 2.24) is 0 Å². The van der Waals surface area contributed by atoms with Crippen LogP contribution >= 0.6 is 24.8 Å². The Morgan fingerprint density at radius 3 is 0.697 bits per heavy atom. The van der Waals surface area contributed by atoms with Crippen LogP contribution in [-0.2, 0) is 46.0 Å². The van der Waals surface area contributed by atoms with Gasteiger partial charge in [-0.1, -0.05) is 105 Å². The van der Waals surface area contributed by atoms with Crippen molar-refractivity contribution in [3.63, 3.8) is 0 Å². The third kappa shape index (κ3) is 28.1. The first-order valence-electron chi connectivity index (χ1n) is 23.9. The Kier molecular flexibility index (Phi) is 38.7. The molecule has 8 rings (SSSR count). The van der Waals surface area contributed by atoms with Gasteiger partial charge in [-0.15, -0.1) is 50.5 Å². The van der Waals surface area contributed by atoms with E-state index in [0.717, 1.165) is 25.7 Å². The van der Waals surface area contributed by atoms with E-state index in [2.05, 4.69) is 222 Å². The standard InChI is InChI=1S/2C12H10Si.4C9H13.2ClH.2Hf/c2*1-3-7-11(8-4-1)13-12-9-5-2-6-10-12;4*1-2-3-6-9-7-4-5-8-9;;;;/h2*1-10H;4*4,7H,2-3,5-6H2,1H3;2*1H;;/q;;4*-1;;;2*+2. The molecule has 0 heterocycles. The summed E-state index contributed by atoms with van der Waals surface area (Å²) in [5, 5.41) is 6.15. The van der Waals surface area contributed by atoms with E-state index < -0.39 is 11.0 Å². The molecule has 0 N–H and O–H groups in total. The van der Waals surface area contributed by atoms with Gasteiger partial charge in [-0.2, -0.15) is 24.3 Å². The predicted octanol–water partition coefficient (Wildman–Crippen LogP) is 15.0. The topological polar surface area (TPSA) is 0 Å². The van der Waals surface area contributed by atoms with Gasteiger partial charge in [-0.05, 0) is 0 Å². The molecule has 4 aliphatic carbocycles. The molecule has 4 aromatic carbocycles. The Labute approximate surface area is 445 Å².